The molecule has 0 aromatic carbocycles. The maximum absolute atomic E-state index is 5.69. The highest BCUT2D eigenvalue weighted by atomic mass is 15.4. The van der Waals surface area contributed by atoms with Crippen LogP contribution < -0.4 is 5.84 Å². The molecule has 0 fully saturated rings. The summed E-state index contributed by atoms with van der Waals surface area (Å²) in [6.45, 7) is 11.7. The second-order valence-electron chi connectivity index (χ2n) is 3.95. The number of hydrogen-bond donors (Lipinski definition) is 1. The summed E-state index contributed by atoms with van der Waals surface area (Å²) in [5, 5.41) is 1.60. The van der Waals surface area contributed by atoms with Gasteiger partial charge < -0.3 is 5.01 Å². The minimum atomic E-state index is 0.00870. The predicted octanol–water partition coefficient (Wildman–Crippen LogP) is 1.77. The predicted molar refractivity (Wildman–Crippen MR) is 53.7 cm³/mol. The second-order valence-corrected chi connectivity index (χ2v) is 3.95. The summed E-state index contributed by atoms with van der Waals surface area (Å²) in [6.07, 6.45) is 0. The molecular weight excluding hydrogens is 150 g/mol. The minimum absolute atomic E-state index is 0.00870. The first-order chi connectivity index (χ1) is 5.30. The Labute approximate surface area is 74.9 Å². The Morgan fingerprint density at radius 1 is 1.42 bits per heavy atom. The lowest BCUT2D eigenvalue weighted by molar-refractivity contribution is 0.313. The molecule has 0 amide bonds. The lowest BCUT2D eigenvalue weighted by Gasteiger charge is -2.29. The average molecular weight is 169 g/mol. The Bertz CT molecular complexity index is 196. The number of aliphatic imine (C=N–C) groups is 1. The van der Waals surface area contributed by atoms with Gasteiger partial charge in [0.15, 0.2) is 0 Å². The Kier molecular flexibility index (Phi) is 3.46. The molecule has 0 aliphatic heterocycles. The number of hydrazine groups is 1. The van der Waals surface area contributed by atoms with Gasteiger partial charge in [-0.15, -0.1) is 0 Å². The highest BCUT2D eigenvalue weighted by Gasteiger charge is 2.21. The van der Waals surface area contributed by atoms with Crippen LogP contribution in [-0.2, 0) is 0 Å². The van der Waals surface area contributed by atoms with E-state index in [2.05, 4.69) is 32.5 Å². The average Bonchev–Trinajstić information content (AvgIpc) is 1.83. The first-order valence-electron chi connectivity index (χ1n) is 3.97. The number of hydrogen-bond acceptors (Lipinski definition) is 3. The van der Waals surface area contributed by atoms with Gasteiger partial charge in [0, 0.05) is 12.5 Å². The zero-order valence-electron chi connectivity index (χ0n) is 8.68. The molecule has 3 heteroatoms. The van der Waals surface area contributed by atoms with Crippen molar-refractivity contribution in [3.05, 3.63) is 11.4 Å². The first-order valence-corrected chi connectivity index (χ1v) is 3.97. The Balaban J connectivity index is 5.06. The molecule has 0 bridgehead atoms. The highest BCUT2D eigenvalue weighted by molar-refractivity contribution is 5.30. The van der Waals surface area contributed by atoms with E-state index in [4.69, 9.17) is 5.84 Å². The number of allylic oxidation sites excluding steroid dienone is 2. The summed E-state index contributed by atoms with van der Waals surface area (Å²) in [6, 6.07) is 0. The monoisotopic (exact) mass is 169 g/mol. The Morgan fingerprint density at radius 2 is 1.83 bits per heavy atom. The van der Waals surface area contributed by atoms with Crippen molar-refractivity contribution in [1.29, 1.82) is 0 Å². The summed E-state index contributed by atoms with van der Waals surface area (Å²) < 4.78 is 0. The van der Waals surface area contributed by atoms with Gasteiger partial charge in [-0.2, -0.15) is 0 Å². The van der Waals surface area contributed by atoms with Crippen molar-refractivity contribution in [3.63, 3.8) is 0 Å². The maximum atomic E-state index is 5.69. The van der Waals surface area contributed by atoms with E-state index in [-0.39, 0.29) is 5.41 Å². The van der Waals surface area contributed by atoms with E-state index in [1.807, 2.05) is 14.0 Å². The molecule has 0 spiro atoms. The third-order valence-electron chi connectivity index (χ3n) is 1.64. The van der Waals surface area contributed by atoms with E-state index >= 15 is 0 Å². The lowest BCUT2D eigenvalue weighted by Crippen LogP contribution is -2.33. The van der Waals surface area contributed by atoms with Crippen LogP contribution in [0.5, 0.6) is 0 Å². The van der Waals surface area contributed by atoms with Gasteiger partial charge in [0.25, 0.3) is 0 Å². The Hall–Kier alpha value is -0.830. The Morgan fingerprint density at radius 3 is 1.92 bits per heavy atom. The summed E-state index contributed by atoms with van der Waals surface area (Å²) >= 11 is 0. The molecule has 2 N–H and O–H groups in total. The van der Waals surface area contributed by atoms with Crippen LogP contribution in [0.2, 0.25) is 0 Å². The molecule has 0 saturated carbocycles. The fourth-order valence-electron chi connectivity index (χ4n) is 1.40. The van der Waals surface area contributed by atoms with Gasteiger partial charge >= 0.3 is 0 Å². The summed E-state index contributed by atoms with van der Waals surface area (Å²) in [5.41, 5.74) is 1.90. The van der Waals surface area contributed by atoms with Crippen LogP contribution in [0.3, 0.4) is 0 Å². The molecule has 0 rings (SSSR count). The van der Waals surface area contributed by atoms with Crippen LogP contribution in [0.15, 0.2) is 16.4 Å². The summed E-state index contributed by atoms with van der Waals surface area (Å²) in [4.78, 5) is 3.88. The molecule has 0 aromatic rings. The van der Waals surface area contributed by atoms with E-state index in [0.717, 1.165) is 11.4 Å². The molecule has 0 heterocycles. The van der Waals surface area contributed by atoms with Crippen LogP contribution in [0.1, 0.15) is 27.7 Å². The largest absolute Gasteiger partial charge is 0.316 e. The van der Waals surface area contributed by atoms with Crippen molar-refractivity contribution in [2.24, 2.45) is 16.3 Å². The zero-order chi connectivity index (χ0) is 9.94. The van der Waals surface area contributed by atoms with Gasteiger partial charge in [-0.1, -0.05) is 20.8 Å². The van der Waals surface area contributed by atoms with Crippen LogP contribution in [0.4, 0.5) is 0 Å². The topological polar surface area (TPSA) is 41.6 Å². The quantitative estimate of drug-likeness (QED) is 0.389. The molecule has 0 aromatic heterocycles. The third kappa shape index (κ3) is 2.66. The van der Waals surface area contributed by atoms with Crippen molar-refractivity contribution in [2.75, 3.05) is 7.05 Å². The van der Waals surface area contributed by atoms with E-state index in [1.54, 1.807) is 5.01 Å². The van der Waals surface area contributed by atoms with Crippen LogP contribution in [0, 0.1) is 5.41 Å². The van der Waals surface area contributed by atoms with E-state index in [0.29, 0.717) is 0 Å². The molecule has 0 saturated heterocycles. The zero-order valence-corrected chi connectivity index (χ0v) is 8.68. The van der Waals surface area contributed by atoms with Crippen molar-refractivity contribution < 1.29 is 0 Å². The van der Waals surface area contributed by atoms with E-state index < -0.39 is 0 Å². The van der Waals surface area contributed by atoms with Gasteiger partial charge in [0.05, 0.1) is 11.4 Å². The van der Waals surface area contributed by atoms with Gasteiger partial charge in [-0.25, -0.2) is 5.84 Å². The molecule has 12 heavy (non-hydrogen) atoms. The molecule has 0 radical (unpaired) electrons. The smallest absolute Gasteiger partial charge is 0.0575 e. The van der Waals surface area contributed by atoms with Crippen molar-refractivity contribution in [2.45, 2.75) is 27.7 Å². The van der Waals surface area contributed by atoms with Crippen LogP contribution in [0.25, 0.3) is 0 Å². The van der Waals surface area contributed by atoms with Crippen LogP contribution in [-0.4, -0.2) is 18.8 Å². The molecule has 0 aliphatic carbocycles. The normalized spacial score (nSPS) is 13.8. The van der Waals surface area contributed by atoms with E-state index in [1.165, 1.54) is 0 Å². The van der Waals surface area contributed by atoms with Gasteiger partial charge in [0.2, 0.25) is 0 Å². The van der Waals surface area contributed by atoms with Crippen molar-refractivity contribution in [3.8, 4) is 0 Å². The van der Waals surface area contributed by atoms with Gasteiger partial charge in [-0.05, 0) is 13.6 Å². The fourth-order valence-corrected chi connectivity index (χ4v) is 1.40. The summed E-state index contributed by atoms with van der Waals surface area (Å²) in [7, 11) is 1.81. The molecule has 3 nitrogen and oxygen atoms in total. The third-order valence-corrected chi connectivity index (χ3v) is 1.64. The number of rotatable bonds is 2. The van der Waals surface area contributed by atoms with Crippen molar-refractivity contribution in [1.82, 2.24) is 5.01 Å². The SMILES string of the molecule is C=N/C(C)=C(\N(C)N)C(C)(C)C. The molecule has 0 unspecified atom stereocenters. The van der Waals surface area contributed by atoms with Crippen molar-refractivity contribution >= 4 is 6.72 Å². The molecular formula is C9H19N3. The number of nitrogens with zero attached hydrogens (tertiary/aromatic N) is 2. The number of nitrogens with two attached hydrogens (primary N) is 1. The highest BCUT2D eigenvalue weighted by Crippen LogP contribution is 2.28. The second kappa shape index (κ2) is 3.72. The fraction of sp³-hybridized carbons (Fsp3) is 0.667. The first kappa shape index (κ1) is 11.2. The van der Waals surface area contributed by atoms with Gasteiger partial charge in [0.1, 0.15) is 0 Å². The lowest BCUT2D eigenvalue weighted by atomic mass is 9.90. The summed E-state index contributed by atoms with van der Waals surface area (Å²) in [5.74, 6) is 5.69. The minimum Gasteiger partial charge on any atom is -0.316 e. The van der Waals surface area contributed by atoms with Gasteiger partial charge in [-0.3, -0.25) is 4.99 Å². The molecule has 0 atom stereocenters. The van der Waals surface area contributed by atoms with Crippen LogP contribution >= 0.6 is 0 Å². The van der Waals surface area contributed by atoms with E-state index in [9.17, 15) is 0 Å². The molecule has 70 valence electrons. The molecule has 0 aliphatic rings. The standard InChI is InChI=1S/C9H19N3/c1-7(11-5)8(12(6)10)9(2,3)4/h5,10H2,1-4,6H3/b8-7-. The maximum Gasteiger partial charge on any atom is 0.0575 e.